The summed E-state index contributed by atoms with van der Waals surface area (Å²) in [6, 6.07) is 12.1. The van der Waals surface area contributed by atoms with Gasteiger partial charge in [-0.15, -0.1) is 0 Å². The number of rotatable bonds is 9. The summed E-state index contributed by atoms with van der Waals surface area (Å²) < 4.78 is 16.2. The Morgan fingerprint density at radius 3 is 2.41 bits per heavy atom. The van der Waals surface area contributed by atoms with Crippen LogP contribution in [0.25, 0.3) is 0 Å². The third kappa shape index (κ3) is 6.14. The molecule has 2 rings (SSSR count). The fraction of sp³-hybridized carbons (Fsp3) is 0.364. The first-order valence-corrected chi connectivity index (χ1v) is 9.45. The van der Waals surface area contributed by atoms with Crippen LogP contribution in [0.4, 0.5) is 5.69 Å². The Labute approximate surface area is 171 Å². The molecule has 0 unspecified atom stereocenters. The maximum Gasteiger partial charge on any atom is 0.254 e. The van der Waals surface area contributed by atoms with Gasteiger partial charge in [-0.1, -0.05) is 6.07 Å². The monoisotopic (exact) mass is 400 g/mol. The number of nitrogens with one attached hydrogen (secondary N) is 1. The molecular formula is C22H28N2O5. The van der Waals surface area contributed by atoms with Crippen LogP contribution in [-0.4, -0.2) is 50.1 Å². The summed E-state index contributed by atoms with van der Waals surface area (Å²) in [5, 5.41) is 2.78. The van der Waals surface area contributed by atoms with E-state index >= 15 is 0 Å². The molecule has 0 saturated carbocycles. The average Bonchev–Trinajstić information content (AvgIpc) is 2.71. The molecule has 0 bridgehead atoms. The number of ether oxygens (including phenoxy) is 3. The molecule has 1 N–H and O–H groups in total. The molecule has 0 aromatic heterocycles. The summed E-state index contributed by atoms with van der Waals surface area (Å²) in [6.07, 6.45) is -0.0158. The Hall–Kier alpha value is -3.22. The Morgan fingerprint density at radius 1 is 1.03 bits per heavy atom. The molecule has 0 aliphatic heterocycles. The third-order valence-corrected chi connectivity index (χ3v) is 4.13. The van der Waals surface area contributed by atoms with Gasteiger partial charge in [0.2, 0.25) is 5.91 Å². The number of likely N-dealkylation sites (N-methyl/N-ethyl adjacent to an activating group) is 1. The number of amides is 2. The minimum Gasteiger partial charge on any atom is -0.497 e. The van der Waals surface area contributed by atoms with Gasteiger partial charge in [-0.05, 0) is 51.1 Å². The lowest BCUT2D eigenvalue weighted by Crippen LogP contribution is -2.37. The minimum atomic E-state index is -0.292. The lowest BCUT2D eigenvalue weighted by Gasteiger charge is -2.21. The second-order valence-electron chi connectivity index (χ2n) is 6.63. The maximum atomic E-state index is 12.9. The largest absolute Gasteiger partial charge is 0.497 e. The zero-order valence-corrected chi connectivity index (χ0v) is 17.5. The molecule has 0 radical (unpaired) electrons. The van der Waals surface area contributed by atoms with Gasteiger partial charge < -0.3 is 24.4 Å². The summed E-state index contributed by atoms with van der Waals surface area (Å²) in [4.78, 5) is 26.8. The number of benzene rings is 2. The molecule has 7 heteroatoms. The van der Waals surface area contributed by atoms with Crippen molar-refractivity contribution in [3.05, 3.63) is 48.0 Å². The predicted molar refractivity (Wildman–Crippen MR) is 112 cm³/mol. The molecular weight excluding hydrogens is 372 g/mol. The van der Waals surface area contributed by atoms with Crippen molar-refractivity contribution in [1.82, 2.24) is 4.90 Å². The number of hydrogen-bond acceptors (Lipinski definition) is 5. The van der Waals surface area contributed by atoms with E-state index in [0.29, 0.717) is 35.0 Å². The van der Waals surface area contributed by atoms with Gasteiger partial charge in [-0.3, -0.25) is 9.59 Å². The first kappa shape index (κ1) is 22.1. The summed E-state index contributed by atoms with van der Waals surface area (Å²) in [5.74, 6) is 1.13. The van der Waals surface area contributed by atoms with Crippen molar-refractivity contribution in [2.24, 2.45) is 0 Å². The molecule has 0 aliphatic carbocycles. The quantitative estimate of drug-likeness (QED) is 0.696. The van der Waals surface area contributed by atoms with Gasteiger partial charge >= 0.3 is 0 Å². The van der Waals surface area contributed by atoms with Gasteiger partial charge in [0.15, 0.2) is 11.5 Å². The normalized spacial score (nSPS) is 10.4. The van der Waals surface area contributed by atoms with Crippen LogP contribution in [0.3, 0.4) is 0 Å². The lowest BCUT2D eigenvalue weighted by atomic mass is 10.1. The van der Waals surface area contributed by atoms with Crippen LogP contribution in [-0.2, 0) is 4.79 Å². The number of hydrogen-bond donors (Lipinski definition) is 1. The van der Waals surface area contributed by atoms with Crippen LogP contribution in [0.5, 0.6) is 17.2 Å². The van der Waals surface area contributed by atoms with Crippen LogP contribution in [0, 0.1) is 0 Å². The molecule has 0 heterocycles. The molecule has 2 amide bonds. The molecule has 0 aliphatic rings. The topological polar surface area (TPSA) is 77.1 Å². The number of anilines is 1. The summed E-state index contributed by atoms with van der Waals surface area (Å²) in [6.45, 7) is 5.97. The smallest absolute Gasteiger partial charge is 0.254 e. The van der Waals surface area contributed by atoms with E-state index < -0.39 is 0 Å². The molecule has 7 nitrogen and oxygen atoms in total. The Bertz CT molecular complexity index is 851. The van der Waals surface area contributed by atoms with Gasteiger partial charge in [0.1, 0.15) is 12.3 Å². The van der Waals surface area contributed by atoms with Gasteiger partial charge in [-0.2, -0.15) is 0 Å². The highest BCUT2D eigenvalue weighted by molar-refractivity contribution is 5.99. The van der Waals surface area contributed by atoms with E-state index in [9.17, 15) is 9.59 Å². The summed E-state index contributed by atoms with van der Waals surface area (Å²) >= 11 is 0. The van der Waals surface area contributed by atoms with E-state index in [4.69, 9.17) is 14.2 Å². The van der Waals surface area contributed by atoms with Gasteiger partial charge in [0.25, 0.3) is 5.91 Å². The van der Waals surface area contributed by atoms with Crippen LogP contribution in [0.2, 0.25) is 0 Å². The van der Waals surface area contributed by atoms with E-state index in [1.165, 1.54) is 12.0 Å². The Morgan fingerprint density at radius 2 is 1.79 bits per heavy atom. The molecule has 0 saturated heterocycles. The zero-order chi connectivity index (χ0) is 21.4. The number of carbonyl (C=O) groups excluding carboxylic acids is 2. The molecule has 29 heavy (non-hydrogen) atoms. The van der Waals surface area contributed by atoms with E-state index in [1.54, 1.807) is 49.6 Å². The number of carbonyl (C=O) groups is 2. The SMILES string of the molecule is CCN(CC(=O)Nc1cccc(OC)c1)C(=O)c1ccc(OC(C)C)c(OC)c1. The molecule has 0 spiro atoms. The second kappa shape index (κ2) is 10.4. The highest BCUT2D eigenvalue weighted by atomic mass is 16.5. The zero-order valence-electron chi connectivity index (χ0n) is 17.5. The van der Waals surface area contributed by atoms with Gasteiger partial charge in [-0.25, -0.2) is 0 Å². The molecule has 0 fully saturated rings. The highest BCUT2D eigenvalue weighted by Gasteiger charge is 2.19. The van der Waals surface area contributed by atoms with Crippen LogP contribution < -0.4 is 19.5 Å². The van der Waals surface area contributed by atoms with Crippen molar-refractivity contribution < 1.29 is 23.8 Å². The van der Waals surface area contributed by atoms with Gasteiger partial charge in [0.05, 0.1) is 20.3 Å². The van der Waals surface area contributed by atoms with Crippen molar-refractivity contribution in [1.29, 1.82) is 0 Å². The Kier molecular flexibility index (Phi) is 7.88. The number of nitrogens with zero attached hydrogens (tertiary/aromatic N) is 1. The van der Waals surface area contributed by atoms with Crippen molar-refractivity contribution in [2.75, 3.05) is 32.6 Å². The van der Waals surface area contributed by atoms with E-state index in [2.05, 4.69) is 5.32 Å². The predicted octanol–water partition coefficient (Wildman–Crippen LogP) is 3.59. The lowest BCUT2D eigenvalue weighted by molar-refractivity contribution is -0.116. The minimum absolute atomic E-state index is 0.0158. The fourth-order valence-electron chi connectivity index (χ4n) is 2.74. The van der Waals surface area contributed by atoms with Crippen LogP contribution in [0.1, 0.15) is 31.1 Å². The second-order valence-corrected chi connectivity index (χ2v) is 6.63. The number of methoxy groups -OCH3 is 2. The van der Waals surface area contributed by atoms with E-state index in [1.807, 2.05) is 20.8 Å². The van der Waals surface area contributed by atoms with E-state index in [0.717, 1.165) is 0 Å². The fourth-order valence-corrected chi connectivity index (χ4v) is 2.74. The average molecular weight is 400 g/mol. The van der Waals surface area contributed by atoms with E-state index in [-0.39, 0.29) is 24.5 Å². The Balaban J connectivity index is 2.10. The van der Waals surface area contributed by atoms with Crippen molar-refractivity contribution in [3.8, 4) is 17.2 Å². The van der Waals surface area contributed by atoms with Crippen molar-refractivity contribution in [3.63, 3.8) is 0 Å². The van der Waals surface area contributed by atoms with Gasteiger partial charge in [0, 0.05) is 23.9 Å². The molecule has 2 aromatic carbocycles. The summed E-state index contributed by atoms with van der Waals surface area (Å²) in [7, 11) is 3.08. The molecule has 2 aromatic rings. The van der Waals surface area contributed by atoms with Crippen molar-refractivity contribution >= 4 is 17.5 Å². The van der Waals surface area contributed by atoms with Crippen LogP contribution >= 0.6 is 0 Å². The first-order chi connectivity index (χ1) is 13.9. The third-order valence-electron chi connectivity index (χ3n) is 4.13. The highest BCUT2D eigenvalue weighted by Crippen LogP contribution is 2.29. The molecule has 156 valence electrons. The van der Waals surface area contributed by atoms with Crippen molar-refractivity contribution in [2.45, 2.75) is 26.9 Å². The summed E-state index contributed by atoms with van der Waals surface area (Å²) in [5.41, 5.74) is 1.03. The maximum absolute atomic E-state index is 12.9. The molecule has 0 atom stereocenters. The standard InChI is InChI=1S/C22H28N2O5/c1-6-24(14-21(25)23-17-8-7-9-18(13-17)27-4)22(26)16-10-11-19(29-15(2)3)20(12-16)28-5/h7-13,15H,6,14H2,1-5H3,(H,23,25). The van der Waals surface area contributed by atoms with Crippen LogP contribution in [0.15, 0.2) is 42.5 Å². The first-order valence-electron chi connectivity index (χ1n) is 9.45.